The molecule has 9 aromatic carbocycles. The largest absolute Gasteiger partial charge is 0.0714 e. The van der Waals surface area contributed by atoms with Crippen LogP contribution in [0.2, 0.25) is 0 Å². The zero-order valence-corrected chi connectivity index (χ0v) is 28.0. The van der Waals surface area contributed by atoms with Crippen molar-refractivity contribution in [2.24, 2.45) is 0 Å². The van der Waals surface area contributed by atoms with Crippen molar-refractivity contribution >= 4 is 21.5 Å². The lowest BCUT2D eigenvalue weighted by atomic mass is 9.67. The lowest BCUT2D eigenvalue weighted by Crippen LogP contribution is -2.28. The van der Waals surface area contributed by atoms with E-state index in [-0.39, 0.29) is 0 Å². The Labute approximate surface area is 297 Å². The summed E-state index contributed by atoms with van der Waals surface area (Å²) >= 11 is 0. The summed E-state index contributed by atoms with van der Waals surface area (Å²) < 4.78 is 0. The summed E-state index contributed by atoms with van der Waals surface area (Å²) in [5.41, 5.74) is 17.8. The van der Waals surface area contributed by atoms with Gasteiger partial charge in [0.25, 0.3) is 0 Å². The first kappa shape index (κ1) is 28.3. The van der Waals surface area contributed by atoms with Crippen molar-refractivity contribution in [1.29, 1.82) is 0 Å². The van der Waals surface area contributed by atoms with Gasteiger partial charge >= 0.3 is 0 Å². The van der Waals surface area contributed by atoms with Gasteiger partial charge in [0.2, 0.25) is 0 Å². The molecule has 236 valence electrons. The molecule has 2 aliphatic rings. The summed E-state index contributed by atoms with van der Waals surface area (Å²) in [7, 11) is 0. The molecule has 0 fully saturated rings. The topological polar surface area (TPSA) is 0 Å². The Balaban J connectivity index is 1.38. The predicted molar refractivity (Wildman–Crippen MR) is 214 cm³/mol. The molecule has 0 amide bonds. The van der Waals surface area contributed by atoms with Crippen molar-refractivity contribution in [1.82, 2.24) is 0 Å². The van der Waals surface area contributed by atoms with Gasteiger partial charge in [0.05, 0.1) is 5.41 Å². The molecule has 0 saturated heterocycles. The van der Waals surface area contributed by atoms with E-state index in [2.05, 4.69) is 194 Å². The summed E-state index contributed by atoms with van der Waals surface area (Å²) in [6.07, 6.45) is 0. The molecule has 0 bridgehead atoms. The third kappa shape index (κ3) is 3.74. The molecule has 2 aliphatic carbocycles. The summed E-state index contributed by atoms with van der Waals surface area (Å²) in [5.74, 6) is 0. The Morgan fingerprint density at radius 1 is 0.275 bits per heavy atom. The van der Waals surface area contributed by atoms with E-state index in [1.54, 1.807) is 0 Å². The fourth-order valence-electron chi connectivity index (χ4n) is 9.60. The zero-order valence-electron chi connectivity index (χ0n) is 28.0. The Bertz CT molecular complexity index is 2770. The standard InChI is InChI=1S/C51H32/c1-5-18-33(19-6-1)45-37-26-13-14-27-38(37)46(34-20-7-2-8-21-34)50-42-32-44-48(40-29-17-30-41(47(40)42)49(45)50)39-28-15-16-31-43(39)51(44,35-22-9-3-10-23-35)36-24-11-4-12-25-36/h1-32H. The quantitative estimate of drug-likeness (QED) is 0.179. The lowest BCUT2D eigenvalue weighted by molar-refractivity contribution is 0.769. The average Bonchev–Trinajstić information content (AvgIpc) is 3.70. The third-order valence-corrected chi connectivity index (χ3v) is 11.5. The van der Waals surface area contributed by atoms with Crippen molar-refractivity contribution in [2.75, 3.05) is 0 Å². The first-order chi connectivity index (χ1) is 25.4. The number of fused-ring (bicyclic) bond motifs is 8. The molecule has 0 unspecified atom stereocenters. The van der Waals surface area contributed by atoms with Gasteiger partial charge in [-0.05, 0) is 105 Å². The fourth-order valence-corrected chi connectivity index (χ4v) is 9.60. The van der Waals surface area contributed by atoms with Gasteiger partial charge in [0.1, 0.15) is 0 Å². The molecule has 0 atom stereocenters. The minimum atomic E-state index is -0.482. The van der Waals surface area contributed by atoms with Crippen molar-refractivity contribution in [3.8, 4) is 55.6 Å². The summed E-state index contributed by atoms with van der Waals surface area (Å²) in [4.78, 5) is 0. The molecule has 0 aromatic heterocycles. The van der Waals surface area contributed by atoms with Crippen LogP contribution in [-0.2, 0) is 5.41 Å². The van der Waals surface area contributed by atoms with Crippen LogP contribution in [0, 0.1) is 0 Å². The molecule has 11 rings (SSSR count). The highest BCUT2D eigenvalue weighted by Gasteiger charge is 2.48. The van der Waals surface area contributed by atoms with E-state index in [1.807, 2.05) is 0 Å². The Morgan fingerprint density at radius 3 is 1.31 bits per heavy atom. The molecular formula is C51H32. The van der Waals surface area contributed by atoms with Crippen LogP contribution in [0.1, 0.15) is 22.3 Å². The molecule has 0 aliphatic heterocycles. The number of rotatable bonds is 4. The maximum atomic E-state index is 2.59. The van der Waals surface area contributed by atoms with Crippen molar-refractivity contribution in [2.45, 2.75) is 5.41 Å². The summed E-state index contributed by atoms with van der Waals surface area (Å²) in [6, 6.07) is 72.2. The van der Waals surface area contributed by atoms with Crippen LogP contribution in [0.25, 0.3) is 77.2 Å². The Kier molecular flexibility index (Phi) is 5.97. The first-order valence-corrected chi connectivity index (χ1v) is 17.9. The van der Waals surface area contributed by atoms with E-state index in [0.29, 0.717) is 0 Å². The van der Waals surface area contributed by atoms with Gasteiger partial charge < -0.3 is 0 Å². The van der Waals surface area contributed by atoms with Crippen LogP contribution >= 0.6 is 0 Å². The predicted octanol–water partition coefficient (Wildman–Crippen LogP) is 13.3. The second-order valence-corrected chi connectivity index (χ2v) is 13.9. The summed E-state index contributed by atoms with van der Waals surface area (Å²) in [5, 5.41) is 5.23. The van der Waals surface area contributed by atoms with E-state index in [9.17, 15) is 0 Å². The molecular weight excluding hydrogens is 613 g/mol. The van der Waals surface area contributed by atoms with Gasteiger partial charge in [-0.25, -0.2) is 0 Å². The van der Waals surface area contributed by atoms with Crippen LogP contribution in [0.3, 0.4) is 0 Å². The monoisotopic (exact) mass is 644 g/mol. The Morgan fingerprint density at radius 2 is 0.725 bits per heavy atom. The van der Waals surface area contributed by atoms with Gasteiger partial charge in [-0.2, -0.15) is 0 Å². The molecule has 0 N–H and O–H groups in total. The van der Waals surface area contributed by atoms with Gasteiger partial charge in [0.15, 0.2) is 0 Å². The maximum absolute atomic E-state index is 2.59. The van der Waals surface area contributed by atoms with E-state index in [0.717, 1.165) is 0 Å². The van der Waals surface area contributed by atoms with Crippen LogP contribution in [0.4, 0.5) is 0 Å². The van der Waals surface area contributed by atoms with Crippen molar-refractivity contribution in [3.05, 3.63) is 216 Å². The first-order valence-electron chi connectivity index (χ1n) is 17.9. The molecule has 51 heavy (non-hydrogen) atoms. The van der Waals surface area contributed by atoms with E-state index in [4.69, 9.17) is 0 Å². The van der Waals surface area contributed by atoms with E-state index < -0.39 is 5.41 Å². The number of hydrogen-bond acceptors (Lipinski definition) is 0. The average molecular weight is 645 g/mol. The van der Waals surface area contributed by atoms with Crippen molar-refractivity contribution < 1.29 is 0 Å². The number of hydrogen-bond donors (Lipinski definition) is 0. The van der Waals surface area contributed by atoms with Crippen LogP contribution in [0.15, 0.2) is 194 Å². The minimum Gasteiger partial charge on any atom is -0.0622 e. The van der Waals surface area contributed by atoms with Gasteiger partial charge in [0, 0.05) is 0 Å². The van der Waals surface area contributed by atoms with E-state index >= 15 is 0 Å². The molecule has 0 nitrogen and oxygen atoms in total. The minimum absolute atomic E-state index is 0.482. The third-order valence-electron chi connectivity index (χ3n) is 11.5. The molecule has 9 aromatic rings. The summed E-state index contributed by atoms with van der Waals surface area (Å²) in [6.45, 7) is 0. The smallest absolute Gasteiger partial charge is 0.0622 e. The molecule has 0 heterocycles. The maximum Gasteiger partial charge on any atom is 0.0714 e. The highest BCUT2D eigenvalue weighted by atomic mass is 14.5. The Hall–Kier alpha value is -6.50. The molecule has 0 saturated carbocycles. The number of benzene rings is 9. The SMILES string of the molecule is c1ccc(-c2c3c(c(-c4ccccc4)c4ccccc24)-c2cc4c(c5cccc-3c25)-c2ccccc2C4(c2ccccc2)c2ccccc2)cc1. The van der Waals surface area contributed by atoms with Crippen LogP contribution < -0.4 is 0 Å². The van der Waals surface area contributed by atoms with Gasteiger partial charge in [-0.1, -0.05) is 188 Å². The van der Waals surface area contributed by atoms with Crippen LogP contribution in [0.5, 0.6) is 0 Å². The highest BCUT2D eigenvalue weighted by Crippen LogP contribution is 2.64. The normalized spacial score (nSPS) is 13.3. The van der Waals surface area contributed by atoms with Crippen LogP contribution in [-0.4, -0.2) is 0 Å². The second kappa shape index (κ2) is 10.7. The molecule has 0 heteroatoms. The fraction of sp³-hybridized carbons (Fsp3) is 0.0196. The van der Waals surface area contributed by atoms with E-state index in [1.165, 1.54) is 99.4 Å². The second-order valence-electron chi connectivity index (χ2n) is 13.9. The van der Waals surface area contributed by atoms with Gasteiger partial charge in [-0.3, -0.25) is 0 Å². The molecule has 0 radical (unpaired) electrons. The lowest BCUT2D eigenvalue weighted by Gasteiger charge is -2.34. The van der Waals surface area contributed by atoms with Crippen molar-refractivity contribution in [3.63, 3.8) is 0 Å². The van der Waals surface area contributed by atoms with Gasteiger partial charge in [-0.15, -0.1) is 0 Å². The molecule has 0 spiro atoms. The zero-order chi connectivity index (χ0) is 33.5. The highest BCUT2D eigenvalue weighted by molar-refractivity contribution is 6.29.